The van der Waals surface area contributed by atoms with E-state index >= 15 is 0 Å². The Balaban J connectivity index is 1.66. The van der Waals surface area contributed by atoms with E-state index in [-0.39, 0.29) is 0 Å². The van der Waals surface area contributed by atoms with Crippen molar-refractivity contribution in [3.05, 3.63) is 29.8 Å². The van der Waals surface area contributed by atoms with Crippen LogP contribution in [0.4, 0.5) is 5.69 Å². The van der Waals surface area contributed by atoms with Crippen molar-refractivity contribution >= 4 is 5.69 Å². The van der Waals surface area contributed by atoms with E-state index in [2.05, 4.69) is 41.4 Å². The van der Waals surface area contributed by atoms with Crippen LogP contribution in [0.15, 0.2) is 24.3 Å². The first kappa shape index (κ1) is 11.1. The second kappa shape index (κ2) is 4.34. The summed E-state index contributed by atoms with van der Waals surface area (Å²) >= 11 is 0. The Labute approximate surface area is 104 Å². The summed E-state index contributed by atoms with van der Waals surface area (Å²) < 4.78 is 0. The van der Waals surface area contributed by atoms with Crippen LogP contribution in [0.5, 0.6) is 0 Å². The summed E-state index contributed by atoms with van der Waals surface area (Å²) in [5, 5.41) is 3.53. The van der Waals surface area contributed by atoms with Gasteiger partial charge >= 0.3 is 0 Å². The molecule has 2 heteroatoms. The summed E-state index contributed by atoms with van der Waals surface area (Å²) in [4.78, 5) is 2.54. The summed E-state index contributed by atoms with van der Waals surface area (Å²) in [6.07, 6.45) is 4.09. The first-order valence-electron chi connectivity index (χ1n) is 6.80. The number of hydrogen-bond acceptors (Lipinski definition) is 2. The van der Waals surface area contributed by atoms with Crippen LogP contribution in [0.25, 0.3) is 0 Å². The molecule has 0 bridgehead atoms. The molecule has 1 spiro atoms. The van der Waals surface area contributed by atoms with Crippen LogP contribution in [-0.4, -0.2) is 26.2 Å². The second-order valence-corrected chi connectivity index (χ2v) is 5.75. The van der Waals surface area contributed by atoms with Crippen LogP contribution in [0.1, 0.15) is 24.8 Å². The Morgan fingerprint density at radius 1 is 1.06 bits per heavy atom. The molecule has 1 aromatic rings. The summed E-state index contributed by atoms with van der Waals surface area (Å²) in [7, 11) is 0. The van der Waals surface area contributed by atoms with Crippen molar-refractivity contribution in [2.24, 2.45) is 5.41 Å². The summed E-state index contributed by atoms with van der Waals surface area (Å²) in [5.74, 6) is 0. The van der Waals surface area contributed by atoms with Crippen LogP contribution in [0.2, 0.25) is 0 Å². The van der Waals surface area contributed by atoms with Crippen molar-refractivity contribution in [3.63, 3.8) is 0 Å². The van der Waals surface area contributed by atoms with Crippen molar-refractivity contribution < 1.29 is 0 Å². The fourth-order valence-electron chi connectivity index (χ4n) is 3.22. The van der Waals surface area contributed by atoms with Gasteiger partial charge in [-0.25, -0.2) is 0 Å². The fraction of sp³-hybridized carbons (Fsp3) is 0.600. The highest BCUT2D eigenvalue weighted by Crippen LogP contribution is 2.38. The second-order valence-electron chi connectivity index (χ2n) is 5.75. The van der Waals surface area contributed by atoms with E-state index in [1.54, 1.807) is 0 Å². The highest BCUT2D eigenvalue weighted by Gasteiger charge is 2.36. The molecule has 1 aromatic carbocycles. The zero-order chi connectivity index (χ0) is 11.7. The Kier molecular flexibility index (Phi) is 2.83. The zero-order valence-corrected chi connectivity index (χ0v) is 10.7. The topological polar surface area (TPSA) is 15.3 Å². The van der Waals surface area contributed by atoms with Crippen LogP contribution in [0.3, 0.4) is 0 Å². The Bertz CT molecular complexity index is 366. The Morgan fingerprint density at radius 2 is 1.76 bits per heavy atom. The lowest BCUT2D eigenvalue weighted by molar-refractivity contribution is 0.247. The van der Waals surface area contributed by atoms with Crippen molar-refractivity contribution in [2.45, 2.75) is 26.2 Å². The van der Waals surface area contributed by atoms with Crippen LogP contribution < -0.4 is 10.2 Å². The summed E-state index contributed by atoms with van der Waals surface area (Å²) in [5.41, 5.74) is 3.37. The third-order valence-corrected chi connectivity index (χ3v) is 4.56. The molecular formula is C15H22N2. The standard InChI is InChI=1S/C15H22N2/c1-13-2-4-14(5-3-13)17-10-7-15(8-11-17)6-9-16-12-15/h2-5,16H,6-12H2,1H3. The van der Waals surface area contributed by atoms with Gasteiger partial charge in [0.25, 0.3) is 0 Å². The fourth-order valence-corrected chi connectivity index (χ4v) is 3.22. The molecule has 2 saturated heterocycles. The maximum absolute atomic E-state index is 3.53. The average Bonchev–Trinajstić information content (AvgIpc) is 2.80. The minimum atomic E-state index is 0.626. The molecule has 92 valence electrons. The van der Waals surface area contributed by atoms with E-state index in [1.807, 2.05) is 0 Å². The normalized spacial score (nSPS) is 23.2. The van der Waals surface area contributed by atoms with Crippen molar-refractivity contribution in [1.82, 2.24) is 5.32 Å². The number of rotatable bonds is 1. The lowest BCUT2D eigenvalue weighted by atomic mass is 9.78. The molecule has 2 aliphatic rings. The third kappa shape index (κ3) is 2.19. The molecule has 2 fully saturated rings. The molecule has 17 heavy (non-hydrogen) atoms. The van der Waals surface area contributed by atoms with Crippen molar-refractivity contribution in [3.8, 4) is 0 Å². The molecule has 0 amide bonds. The van der Waals surface area contributed by atoms with E-state index < -0.39 is 0 Å². The van der Waals surface area contributed by atoms with E-state index in [9.17, 15) is 0 Å². The lowest BCUT2D eigenvalue weighted by Crippen LogP contribution is -2.41. The van der Waals surface area contributed by atoms with Gasteiger partial charge in [-0.15, -0.1) is 0 Å². The number of hydrogen-bond donors (Lipinski definition) is 1. The van der Waals surface area contributed by atoms with E-state index in [4.69, 9.17) is 0 Å². The van der Waals surface area contributed by atoms with Gasteiger partial charge in [-0.3, -0.25) is 0 Å². The highest BCUT2D eigenvalue weighted by molar-refractivity contribution is 5.47. The van der Waals surface area contributed by atoms with E-state index in [0.29, 0.717) is 5.41 Å². The molecule has 0 atom stereocenters. The average molecular weight is 230 g/mol. The number of anilines is 1. The van der Waals surface area contributed by atoms with Gasteiger partial charge in [0.2, 0.25) is 0 Å². The van der Waals surface area contributed by atoms with E-state index in [0.717, 1.165) is 0 Å². The van der Waals surface area contributed by atoms with Gasteiger partial charge in [0, 0.05) is 25.3 Å². The molecule has 3 rings (SSSR count). The molecule has 2 heterocycles. The highest BCUT2D eigenvalue weighted by atomic mass is 15.1. The smallest absolute Gasteiger partial charge is 0.0366 e. The van der Waals surface area contributed by atoms with Crippen LogP contribution in [0, 0.1) is 12.3 Å². The molecule has 0 radical (unpaired) electrons. The van der Waals surface area contributed by atoms with Gasteiger partial charge in [-0.1, -0.05) is 17.7 Å². The van der Waals surface area contributed by atoms with Gasteiger partial charge in [-0.2, -0.15) is 0 Å². The van der Waals surface area contributed by atoms with Crippen LogP contribution >= 0.6 is 0 Å². The van der Waals surface area contributed by atoms with Crippen molar-refractivity contribution in [2.75, 3.05) is 31.1 Å². The molecule has 0 aliphatic carbocycles. The molecule has 1 N–H and O–H groups in total. The lowest BCUT2D eigenvalue weighted by Gasteiger charge is -2.40. The van der Waals surface area contributed by atoms with Gasteiger partial charge < -0.3 is 10.2 Å². The molecule has 2 nitrogen and oxygen atoms in total. The first-order valence-corrected chi connectivity index (χ1v) is 6.80. The van der Waals surface area contributed by atoms with E-state index in [1.165, 1.54) is 56.7 Å². The maximum Gasteiger partial charge on any atom is 0.0366 e. The zero-order valence-electron chi connectivity index (χ0n) is 10.7. The number of piperidine rings is 1. The molecule has 0 saturated carbocycles. The van der Waals surface area contributed by atoms with Gasteiger partial charge in [0.1, 0.15) is 0 Å². The monoisotopic (exact) mass is 230 g/mol. The molecule has 2 aliphatic heterocycles. The number of nitrogens with one attached hydrogen (secondary N) is 1. The minimum Gasteiger partial charge on any atom is -0.371 e. The predicted octanol–water partition coefficient (Wildman–Crippen LogP) is 2.57. The number of benzene rings is 1. The molecule has 0 unspecified atom stereocenters. The maximum atomic E-state index is 3.53. The minimum absolute atomic E-state index is 0.626. The van der Waals surface area contributed by atoms with Gasteiger partial charge in [-0.05, 0) is 50.3 Å². The predicted molar refractivity (Wildman–Crippen MR) is 72.5 cm³/mol. The SMILES string of the molecule is Cc1ccc(N2CCC3(CCNC3)CC2)cc1. The summed E-state index contributed by atoms with van der Waals surface area (Å²) in [6.45, 7) is 7.08. The Morgan fingerprint density at radius 3 is 2.35 bits per heavy atom. The van der Waals surface area contributed by atoms with Crippen molar-refractivity contribution in [1.29, 1.82) is 0 Å². The largest absolute Gasteiger partial charge is 0.371 e. The number of aryl methyl sites for hydroxylation is 1. The summed E-state index contributed by atoms with van der Waals surface area (Å²) in [6, 6.07) is 8.97. The Hall–Kier alpha value is -1.02. The molecule has 0 aromatic heterocycles. The first-order chi connectivity index (χ1) is 8.27. The number of nitrogens with zero attached hydrogens (tertiary/aromatic N) is 1. The molecular weight excluding hydrogens is 208 g/mol. The third-order valence-electron chi connectivity index (χ3n) is 4.56. The van der Waals surface area contributed by atoms with Gasteiger partial charge in [0.05, 0.1) is 0 Å². The van der Waals surface area contributed by atoms with Crippen LogP contribution in [-0.2, 0) is 0 Å². The van der Waals surface area contributed by atoms with Gasteiger partial charge in [0.15, 0.2) is 0 Å². The quantitative estimate of drug-likeness (QED) is 0.797.